The molecule has 0 aliphatic rings. The van der Waals surface area contributed by atoms with Gasteiger partial charge in [0, 0.05) is 33.5 Å². The summed E-state index contributed by atoms with van der Waals surface area (Å²) >= 11 is 0. The molecule has 0 amide bonds. The normalized spacial score (nSPS) is 11.6. The summed E-state index contributed by atoms with van der Waals surface area (Å²) in [5, 5.41) is 7.64. The van der Waals surface area contributed by atoms with E-state index in [1.807, 2.05) is 0 Å². The largest absolute Gasteiger partial charge is 0.310 e. The van der Waals surface area contributed by atoms with Crippen molar-refractivity contribution in [1.82, 2.24) is 0 Å². The first kappa shape index (κ1) is 44.5. The van der Waals surface area contributed by atoms with Crippen LogP contribution in [0.15, 0.2) is 255 Å². The minimum absolute atomic E-state index is 0.253. The van der Waals surface area contributed by atoms with Gasteiger partial charge in [-0.1, -0.05) is 210 Å². The summed E-state index contributed by atoms with van der Waals surface area (Å²) in [5.41, 5.74) is 18.9. The Labute approximate surface area is 424 Å². The minimum Gasteiger partial charge on any atom is -0.310 e. The molecule has 0 aliphatic carbocycles. The third-order valence-corrected chi connectivity index (χ3v) is 14.5. The lowest BCUT2D eigenvalue weighted by Gasteiger charge is -2.32. The van der Waals surface area contributed by atoms with E-state index in [9.17, 15) is 0 Å². The highest BCUT2D eigenvalue weighted by Crippen LogP contribution is 2.52. The lowest BCUT2D eigenvalue weighted by molar-refractivity contribution is 0.875. The van der Waals surface area contributed by atoms with E-state index in [0.717, 1.165) is 34.1 Å². The second-order valence-corrected chi connectivity index (χ2v) is 19.7. The molecule has 0 radical (unpaired) electrons. The van der Waals surface area contributed by atoms with Crippen LogP contribution in [0.4, 0.5) is 34.1 Å². The summed E-state index contributed by atoms with van der Waals surface area (Å²) in [6, 6.07) is 93.9. The SMILES string of the molecule is CC(C)c1cc(N(c2ccccc2)c2cc(-c3ccccc3)cc(-c3ccccc3)c2)c2ccc3c(C(C)C)cc(N(c4ccccc4)c4cc(-c5ccccc5)cc(-c5ccccc5)c4)c4ccc1c2c34. The molecule has 2 heteroatoms. The van der Waals surface area contributed by atoms with E-state index in [1.165, 1.54) is 88.0 Å². The first-order chi connectivity index (χ1) is 35.4. The zero-order valence-electron chi connectivity index (χ0n) is 41.3. The molecule has 0 aromatic heterocycles. The summed E-state index contributed by atoms with van der Waals surface area (Å²) in [6.45, 7) is 9.38. The summed E-state index contributed by atoms with van der Waals surface area (Å²) in [4.78, 5) is 5.02. The summed E-state index contributed by atoms with van der Waals surface area (Å²) < 4.78 is 0. The second-order valence-electron chi connectivity index (χ2n) is 19.7. The Morgan fingerprint density at radius 2 is 0.500 bits per heavy atom. The van der Waals surface area contributed by atoms with Crippen molar-refractivity contribution in [2.75, 3.05) is 9.80 Å². The minimum atomic E-state index is 0.253. The van der Waals surface area contributed by atoms with Crippen molar-refractivity contribution in [2.24, 2.45) is 0 Å². The number of nitrogens with zero attached hydrogens (tertiary/aromatic N) is 2. The topological polar surface area (TPSA) is 6.48 Å². The van der Waals surface area contributed by atoms with Crippen LogP contribution in [0.5, 0.6) is 0 Å². The van der Waals surface area contributed by atoms with Crippen molar-refractivity contribution in [2.45, 2.75) is 39.5 Å². The van der Waals surface area contributed by atoms with Gasteiger partial charge in [0.1, 0.15) is 0 Å². The maximum Gasteiger partial charge on any atom is 0.0543 e. The van der Waals surface area contributed by atoms with E-state index in [1.54, 1.807) is 0 Å². The number of benzene rings is 12. The third kappa shape index (κ3) is 8.15. The maximum atomic E-state index is 2.51. The Morgan fingerprint density at radius 3 is 0.778 bits per heavy atom. The highest BCUT2D eigenvalue weighted by atomic mass is 15.2. The maximum absolute atomic E-state index is 2.51. The van der Waals surface area contributed by atoms with Gasteiger partial charge in [-0.15, -0.1) is 0 Å². The Kier molecular flexibility index (Phi) is 11.7. The highest BCUT2D eigenvalue weighted by Gasteiger charge is 2.27. The van der Waals surface area contributed by atoms with Gasteiger partial charge >= 0.3 is 0 Å². The fourth-order valence-electron chi connectivity index (χ4n) is 11.0. The molecule has 0 bridgehead atoms. The molecule has 0 N–H and O–H groups in total. The molecule has 0 saturated heterocycles. The quantitative estimate of drug-likeness (QED) is 0.113. The molecule has 0 aliphatic heterocycles. The molecule has 72 heavy (non-hydrogen) atoms. The molecule has 12 aromatic rings. The van der Waals surface area contributed by atoms with Crippen molar-refractivity contribution in [3.8, 4) is 44.5 Å². The van der Waals surface area contributed by atoms with Crippen molar-refractivity contribution in [3.05, 3.63) is 266 Å². The van der Waals surface area contributed by atoms with Crippen molar-refractivity contribution in [3.63, 3.8) is 0 Å². The summed E-state index contributed by atoms with van der Waals surface area (Å²) in [6.07, 6.45) is 0. The van der Waals surface area contributed by atoms with Crippen LogP contribution in [-0.4, -0.2) is 0 Å². The van der Waals surface area contributed by atoms with Gasteiger partial charge in [0.2, 0.25) is 0 Å². The fourth-order valence-corrected chi connectivity index (χ4v) is 11.0. The fraction of sp³-hybridized carbons (Fsp3) is 0.0857. The molecule has 0 fully saturated rings. The molecule has 0 saturated carbocycles. The first-order valence-corrected chi connectivity index (χ1v) is 25.4. The molecule has 12 aromatic carbocycles. The summed E-state index contributed by atoms with van der Waals surface area (Å²) in [5.74, 6) is 0.506. The van der Waals surface area contributed by atoms with Gasteiger partial charge in [0.25, 0.3) is 0 Å². The van der Waals surface area contributed by atoms with E-state index >= 15 is 0 Å². The van der Waals surface area contributed by atoms with Crippen molar-refractivity contribution in [1.29, 1.82) is 0 Å². The number of hydrogen-bond acceptors (Lipinski definition) is 2. The predicted molar refractivity (Wildman–Crippen MR) is 309 cm³/mol. The predicted octanol–water partition coefficient (Wildman–Crippen LogP) is 20.4. The van der Waals surface area contributed by atoms with Crippen LogP contribution in [-0.2, 0) is 0 Å². The zero-order chi connectivity index (χ0) is 48.7. The van der Waals surface area contributed by atoms with Gasteiger partial charge in [-0.25, -0.2) is 0 Å². The average Bonchev–Trinajstić information content (AvgIpc) is 3.44. The number of hydrogen-bond donors (Lipinski definition) is 0. The van der Waals surface area contributed by atoms with Gasteiger partial charge in [-0.2, -0.15) is 0 Å². The first-order valence-electron chi connectivity index (χ1n) is 25.4. The van der Waals surface area contributed by atoms with Gasteiger partial charge in [0.15, 0.2) is 0 Å². The lowest BCUT2D eigenvalue weighted by atomic mass is 9.84. The van der Waals surface area contributed by atoms with E-state index in [0.29, 0.717) is 0 Å². The van der Waals surface area contributed by atoms with Crippen molar-refractivity contribution >= 4 is 66.4 Å². The Bertz CT molecular complexity index is 3460. The lowest BCUT2D eigenvalue weighted by Crippen LogP contribution is -2.13. The Hall–Kier alpha value is -8.72. The Balaban J connectivity index is 1.17. The number of rotatable bonds is 12. The third-order valence-electron chi connectivity index (χ3n) is 14.5. The molecular weight excluding hydrogens is 869 g/mol. The van der Waals surface area contributed by atoms with Gasteiger partial charge in [-0.3, -0.25) is 0 Å². The molecule has 12 rings (SSSR count). The smallest absolute Gasteiger partial charge is 0.0543 e. The van der Waals surface area contributed by atoms with E-state index < -0.39 is 0 Å². The average molecular weight is 925 g/mol. The molecule has 2 nitrogen and oxygen atoms in total. The molecule has 0 unspecified atom stereocenters. The van der Waals surface area contributed by atoms with Gasteiger partial charge < -0.3 is 9.80 Å². The zero-order valence-corrected chi connectivity index (χ0v) is 41.3. The van der Waals surface area contributed by atoms with Crippen LogP contribution in [0.25, 0.3) is 76.8 Å². The van der Waals surface area contributed by atoms with E-state index in [-0.39, 0.29) is 11.8 Å². The molecule has 0 spiro atoms. The van der Waals surface area contributed by atoms with Crippen LogP contribution in [0.3, 0.4) is 0 Å². The van der Waals surface area contributed by atoms with E-state index in [4.69, 9.17) is 0 Å². The van der Waals surface area contributed by atoms with Gasteiger partial charge in [-0.05, 0) is 162 Å². The van der Waals surface area contributed by atoms with Crippen LogP contribution in [0.1, 0.15) is 50.7 Å². The van der Waals surface area contributed by atoms with Crippen LogP contribution in [0.2, 0.25) is 0 Å². The van der Waals surface area contributed by atoms with Crippen molar-refractivity contribution < 1.29 is 0 Å². The molecule has 346 valence electrons. The standard InChI is InChI=1S/C70H56N2/c1-47(2)65-45-67(71(57-31-19-9-20-32-57)59-41-53(49-23-11-5-12-24-49)39-54(42-59)50-25-13-6-14-26-50)63-38-36-62-66(48(3)4)46-68(64-37-35-61(65)69(63)70(62)64)72(58-33-21-10-22-34-58)60-43-55(51-27-15-7-16-28-51)40-56(44-60)52-29-17-8-18-30-52/h5-48H,1-4H3. The van der Waals surface area contributed by atoms with Crippen LogP contribution >= 0.6 is 0 Å². The van der Waals surface area contributed by atoms with Crippen LogP contribution < -0.4 is 9.80 Å². The second kappa shape index (κ2) is 18.9. The number of para-hydroxylation sites is 2. The summed E-state index contributed by atoms with van der Waals surface area (Å²) in [7, 11) is 0. The van der Waals surface area contributed by atoms with E-state index in [2.05, 4.69) is 292 Å². The molecular formula is C70H56N2. The Morgan fingerprint density at radius 1 is 0.236 bits per heavy atom. The van der Waals surface area contributed by atoms with Crippen LogP contribution in [0, 0.1) is 0 Å². The molecule has 0 atom stereocenters. The monoisotopic (exact) mass is 924 g/mol. The molecule has 0 heterocycles. The van der Waals surface area contributed by atoms with Gasteiger partial charge in [0.05, 0.1) is 11.4 Å². The number of anilines is 6. The highest BCUT2D eigenvalue weighted by molar-refractivity contribution is 6.29.